The van der Waals surface area contributed by atoms with Gasteiger partial charge in [0.15, 0.2) is 5.13 Å². The largest absolute Gasteiger partial charge is 0.477 e. The first kappa shape index (κ1) is 12.9. The molecule has 0 aliphatic carbocycles. The molecule has 1 aromatic carbocycles. The molecule has 0 aliphatic rings. The summed E-state index contributed by atoms with van der Waals surface area (Å²) in [7, 11) is 0. The maximum absolute atomic E-state index is 10.9. The van der Waals surface area contributed by atoms with Crippen molar-refractivity contribution < 1.29 is 9.90 Å². The average molecular weight is 283 g/mol. The van der Waals surface area contributed by atoms with Crippen LogP contribution in [-0.4, -0.2) is 16.1 Å². The fourth-order valence-corrected chi connectivity index (χ4v) is 2.38. The van der Waals surface area contributed by atoms with E-state index in [0.29, 0.717) is 22.4 Å². The van der Waals surface area contributed by atoms with Crippen molar-refractivity contribution in [3.8, 4) is 0 Å². The Bertz CT molecular complexity index is 566. The molecule has 0 fully saturated rings. The van der Waals surface area contributed by atoms with Gasteiger partial charge < -0.3 is 10.4 Å². The molecule has 2 N–H and O–H groups in total. The number of carbonyl (C=O) groups is 1. The molecule has 0 atom stereocenters. The Morgan fingerprint density at radius 1 is 1.44 bits per heavy atom. The van der Waals surface area contributed by atoms with Gasteiger partial charge in [-0.3, -0.25) is 0 Å². The van der Waals surface area contributed by atoms with Crippen molar-refractivity contribution in [1.82, 2.24) is 4.98 Å². The maximum atomic E-state index is 10.9. The molecule has 0 unspecified atom stereocenters. The first-order chi connectivity index (χ1) is 8.56. The summed E-state index contributed by atoms with van der Waals surface area (Å²) < 4.78 is 0. The van der Waals surface area contributed by atoms with Gasteiger partial charge in [0.25, 0.3) is 0 Å². The Hall–Kier alpha value is -1.59. The highest BCUT2D eigenvalue weighted by molar-refractivity contribution is 7.17. The minimum absolute atomic E-state index is 0.272. The normalized spacial score (nSPS) is 10.3. The molecular weight excluding hydrogens is 272 g/mol. The number of halogens is 1. The van der Waals surface area contributed by atoms with E-state index in [1.54, 1.807) is 6.92 Å². The maximum Gasteiger partial charge on any atom is 0.347 e. The van der Waals surface area contributed by atoms with Crippen molar-refractivity contribution in [2.24, 2.45) is 0 Å². The van der Waals surface area contributed by atoms with Gasteiger partial charge in [-0.05, 0) is 24.6 Å². The molecule has 2 aromatic rings. The molecule has 0 aliphatic heterocycles. The van der Waals surface area contributed by atoms with Crippen molar-refractivity contribution in [3.63, 3.8) is 0 Å². The van der Waals surface area contributed by atoms with Gasteiger partial charge >= 0.3 is 5.97 Å². The van der Waals surface area contributed by atoms with E-state index in [0.717, 1.165) is 16.9 Å². The predicted molar refractivity (Wildman–Crippen MR) is 72.6 cm³/mol. The number of rotatable bonds is 4. The second kappa shape index (κ2) is 5.37. The van der Waals surface area contributed by atoms with Crippen LogP contribution in [-0.2, 0) is 6.54 Å². The molecule has 0 saturated heterocycles. The Balaban J connectivity index is 2.04. The highest BCUT2D eigenvalue weighted by Gasteiger charge is 2.13. The molecule has 0 saturated carbocycles. The minimum atomic E-state index is -0.940. The Morgan fingerprint density at radius 2 is 2.11 bits per heavy atom. The number of aryl methyl sites for hydroxylation is 1. The smallest absolute Gasteiger partial charge is 0.347 e. The van der Waals surface area contributed by atoms with Gasteiger partial charge in [-0.2, -0.15) is 0 Å². The van der Waals surface area contributed by atoms with Gasteiger partial charge in [-0.15, -0.1) is 0 Å². The molecule has 4 nitrogen and oxygen atoms in total. The number of nitrogens with zero attached hydrogens (tertiary/aromatic N) is 1. The molecule has 2 rings (SSSR count). The van der Waals surface area contributed by atoms with E-state index >= 15 is 0 Å². The van der Waals surface area contributed by atoms with Crippen LogP contribution >= 0.6 is 22.9 Å². The van der Waals surface area contributed by atoms with Crippen LogP contribution in [0.1, 0.15) is 20.9 Å². The number of anilines is 1. The van der Waals surface area contributed by atoms with Crippen LogP contribution in [0.15, 0.2) is 24.3 Å². The Morgan fingerprint density at radius 3 is 2.67 bits per heavy atom. The number of nitrogens with one attached hydrogen (secondary N) is 1. The zero-order chi connectivity index (χ0) is 13.1. The third kappa shape index (κ3) is 3.00. The monoisotopic (exact) mass is 282 g/mol. The van der Waals surface area contributed by atoms with Crippen molar-refractivity contribution in [2.45, 2.75) is 13.5 Å². The third-order valence-electron chi connectivity index (χ3n) is 2.35. The van der Waals surface area contributed by atoms with Crippen molar-refractivity contribution in [1.29, 1.82) is 0 Å². The molecule has 18 heavy (non-hydrogen) atoms. The summed E-state index contributed by atoms with van der Waals surface area (Å²) in [5, 5.41) is 13.3. The Labute approximate surface area is 113 Å². The molecular formula is C12H11ClN2O2S. The van der Waals surface area contributed by atoms with Crippen LogP contribution in [0.4, 0.5) is 5.13 Å². The summed E-state index contributed by atoms with van der Waals surface area (Å²) in [6.45, 7) is 2.27. The van der Waals surface area contributed by atoms with Crippen LogP contribution in [0.25, 0.3) is 0 Å². The van der Waals surface area contributed by atoms with Gasteiger partial charge in [-0.1, -0.05) is 35.1 Å². The highest BCUT2D eigenvalue weighted by atomic mass is 35.5. The molecule has 0 bridgehead atoms. The SMILES string of the molecule is Cc1nc(NCc2ccc(Cl)cc2)sc1C(=O)O. The van der Waals surface area contributed by atoms with Crippen LogP contribution in [0.5, 0.6) is 0 Å². The molecule has 0 spiro atoms. The number of aromatic carboxylic acids is 1. The standard InChI is InChI=1S/C12H11ClN2O2S/c1-7-10(11(16)17)18-12(15-7)14-6-8-2-4-9(13)5-3-8/h2-5H,6H2,1H3,(H,14,15)(H,16,17). The minimum Gasteiger partial charge on any atom is -0.477 e. The van der Waals surface area contributed by atoms with Crippen LogP contribution < -0.4 is 5.32 Å². The van der Waals surface area contributed by atoms with Crippen molar-refractivity contribution >= 4 is 34.0 Å². The van der Waals surface area contributed by atoms with Gasteiger partial charge in [-0.25, -0.2) is 9.78 Å². The summed E-state index contributed by atoms with van der Waals surface area (Å²) in [6, 6.07) is 7.45. The molecule has 6 heteroatoms. The Kier molecular flexibility index (Phi) is 3.84. The predicted octanol–water partition coefficient (Wildman–Crippen LogP) is 3.42. The number of benzene rings is 1. The molecule has 0 amide bonds. The highest BCUT2D eigenvalue weighted by Crippen LogP contribution is 2.23. The van der Waals surface area contributed by atoms with Gasteiger partial charge in [0.05, 0.1) is 5.69 Å². The van der Waals surface area contributed by atoms with E-state index in [9.17, 15) is 4.79 Å². The number of hydrogen-bond donors (Lipinski definition) is 2. The number of hydrogen-bond acceptors (Lipinski definition) is 4. The lowest BCUT2D eigenvalue weighted by molar-refractivity contribution is 0.0701. The van der Waals surface area contributed by atoms with E-state index in [1.807, 2.05) is 24.3 Å². The molecule has 1 heterocycles. The second-order valence-corrected chi connectivity index (χ2v) is 5.15. The van der Waals surface area contributed by atoms with E-state index in [4.69, 9.17) is 16.7 Å². The van der Waals surface area contributed by atoms with E-state index in [2.05, 4.69) is 10.3 Å². The fourth-order valence-electron chi connectivity index (χ4n) is 1.45. The van der Waals surface area contributed by atoms with Crippen LogP contribution in [0.2, 0.25) is 5.02 Å². The first-order valence-electron chi connectivity index (χ1n) is 5.25. The molecule has 0 radical (unpaired) electrons. The van der Waals surface area contributed by atoms with Crippen LogP contribution in [0.3, 0.4) is 0 Å². The zero-order valence-corrected chi connectivity index (χ0v) is 11.2. The number of carboxylic acids is 1. The summed E-state index contributed by atoms with van der Waals surface area (Å²) in [6.07, 6.45) is 0. The lowest BCUT2D eigenvalue weighted by Gasteiger charge is -2.02. The number of carboxylic acid groups (broad SMARTS) is 1. The molecule has 94 valence electrons. The molecule has 1 aromatic heterocycles. The topological polar surface area (TPSA) is 62.2 Å². The first-order valence-corrected chi connectivity index (χ1v) is 6.45. The zero-order valence-electron chi connectivity index (χ0n) is 9.61. The van der Waals surface area contributed by atoms with Gasteiger partial charge in [0.1, 0.15) is 4.88 Å². The summed E-state index contributed by atoms with van der Waals surface area (Å²) >= 11 is 6.93. The number of thiazole rings is 1. The number of aromatic nitrogens is 1. The van der Waals surface area contributed by atoms with E-state index in [1.165, 1.54) is 0 Å². The fraction of sp³-hybridized carbons (Fsp3) is 0.167. The van der Waals surface area contributed by atoms with Gasteiger partial charge in [0.2, 0.25) is 0 Å². The summed E-state index contributed by atoms with van der Waals surface area (Å²) in [4.78, 5) is 15.3. The second-order valence-electron chi connectivity index (χ2n) is 3.72. The van der Waals surface area contributed by atoms with Crippen LogP contribution in [0, 0.1) is 6.92 Å². The van der Waals surface area contributed by atoms with Crippen molar-refractivity contribution in [2.75, 3.05) is 5.32 Å². The quantitative estimate of drug-likeness (QED) is 0.902. The third-order valence-corrected chi connectivity index (χ3v) is 3.70. The van der Waals surface area contributed by atoms with Gasteiger partial charge in [0, 0.05) is 11.6 Å². The lowest BCUT2D eigenvalue weighted by Crippen LogP contribution is -1.98. The van der Waals surface area contributed by atoms with E-state index in [-0.39, 0.29) is 4.88 Å². The summed E-state index contributed by atoms with van der Waals surface area (Å²) in [5.74, 6) is -0.940. The van der Waals surface area contributed by atoms with E-state index < -0.39 is 5.97 Å². The summed E-state index contributed by atoms with van der Waals surface area (Å²) in [5.41, 5.74) is 1.59. The average Bonchev–Trinajstić information content (AvgIpc) is 2.70. The van der Waals surface area contributed by atoms with Crippen molar-refractivity contribution in [3.05, 3.63) is 45.4 Å². The lowest BCUT2D eigenvalue weighted by atomic mass is 10.2.